The van der Waals surface area contributed by atoms with Crippen molar-refractivity contribution in [3.05, 3.63) is 96.9 Å². The van der Waals surface area contributed by atoms with Crippen LogP contribution in [0.3, 0.4) is 0 Å². The van der Waals surface area contributed by atoms with Crippen molar-refractivity contribution in [1.82, 2.24) is 4.57 Å². The second kappa shape index (κ2) is 8.78. The third kappa shape index (κ3) is 4.20. The van der Waals surface area contributed by atoms with E-state index >= 15 is 0 Å². The van der Waals surface area contributed by atoms with Gasteiger partial charge in [0.25, 0.3) is 5.91 Å². The number of nitrogens with zero attached hydrogens (tertiary/aromatic N) is 1. The molecule has 0 radical (unpaired) electrons. The van der Waals surface area contributed by atoms with Crippen LogP contribution in [0.2, 0.25) is 0 Å². The van der Waals surface area contributed by atoms with Crippen LogP contribution in [0.5, 0.6) is 0 Å². The molecule has 0 spiro atoms. The number of benzene rings is 2. The van der Waals surface area contributed by atoms with Crippen molar-refractivity contribution >= 4 is 27.5 Å². The lowest BCUT2D eigenvalue weighted by molar-refractivity contribution is 0.102. The maximum atomic E-state index is 13.2. The van der Waals surface area contributed by atoms with Crippen LogP contribution in [-0.4, -0.2) is 10.5 Å². The molecule has 0 fully saturated rings. The molecule has 4 nitrogen and oxygen atoms in total. The highest BCUT2D eigenvalue weighted by molar-refractivity contribution is 9.10. The molecule has 0 aliphatic carbocycles. The number of amides is 1. The first-order valence-electron chi connectivity index (χ1n) is 9.68. The van der Waals surface area contributed by atoms with Gasteiger partial charge in [0.15, 0.2) is 0 Å². The fourth-order valence-electron chi connectivity index (χ4n) is 3.64. The Balaban J connectivity index is 2.11. The fourth-order valence-corrected chi connectivity index (χ4v) is 4.33. The lowest BCUT2D eigenvalue weighted by Crippen LogP contribution is -2.29. The van der Waals surface area contributed by atoms with Crippen molar-refractivity contribution in [2.24, 2.45) is 0 Å². The summed E-state index contributed by atoms with van der Waals surface area (Å²) in [6.07, 6.45) is 0.683. The van der Waals surface area contributed by atoms with Gasteiger partial charge in [-0.1, -0.05) is 55.5 Å². The SMILES string of the molecule is CCc1c(Br)c(=O)c(C(=O)Nc2c(C)cccc2C)c(C)n1Cc1ccccc1. The van der Waals surface area contributed by atoms with Crippen LogP contribution in [-0.2, 0) is 13.0 Å². The summed E-state index contributed by atoms with van der Waals surface area (Å²) >= 11 is 3.46. The number of carbonyl (C=O) groups is 1. The molecular formula is C24H25BrN2O2. The highest BCUT2D eigenvalue weighted by atomic mass is 79.9. The van der Waals surface area contributed by atoms with E-state index in [1.807, 2.05) is 76.2 Å². The van der Waals surface area contributed by atoms with Gasteiger partial charge in [-0.3, -0.25) is 9.59 Å². The Morgan fingerprint density at radius 1 is 1.00 bits per heavy atom. The topological polar surface area (TPSA) is 51.1 Å². The maximum absolute atomic E-state index is 13.2. The fraction of sp³-hybridized carbons (Fsp3) is 0.250. The number of aryl methyl sites for hydroxylation is 2. The summed E-state index contributed by atoms with van der Waals surface area (Å²) in [4.78, 5) is 26.2. The van der Waals surface area contributed by atoms with Crippen LogP contribution in [0.25, 0.3) is 0 Å². The second-order valence-electron chi connectivity index (χ2n) is 7.20. The molecule has 2 aromatic carbocycles. The third-order valence-corrected chi connectivity index (χ3v) is 6.06. The molecule has 5 heteroatoms. The molecule has 0 unspecified atom stereocenters. The van der Waals surface area contributed by atoms with Gasteiger partial charge in [0, 0.05) is 23.6 Å². The van der Waals surface area contributed by atoms with E-state index in [1.165, 1.54) is 0 Å². The number of aromatic nitrogens is 1. The monoisotopic (exact) mass is 452 g/mol. The first kappa shape index (κ1) is 21.1. The standard InChI is InChI=1S/C24H25BrN2O2/c1-5-19-21(25)23(28)20(17(4)27(19)14-18-12-7-6-8-13-18)24(29)26-22-15(2)10-9-11-16(22)3/h6-13H,5,14H2,1-4H3,(H,26,29). The largest absolute Gasteiger partial charge is 0.342 e. The van der Waals surface area contributed by atoms with Gasteiger partial charge < -0.3 is 9.88 Å². The van der Waals surface area contributed by atoms with E-state index in [0.29, 0.717) is 23.1 Å². The van der Waals surface area contributed by atoms with Gasteiger partial charge >= 0.3 is 0 Å². The smallest absolute Gasteiger partial charge is 0.261 e. The molecule has 3 rings (SSSR count). The third-order valence-electron chi connectivity index (χ3n) is 5.24. The van der Waals surface area contributed by atoms with E-state index < -0.39 is 0 Å². The molecule has 1 amide bonds. The van der Waals surface area contributed by atoms with Gasteiger partial charge in [-0.25, -0.2) is 0 Å². The number of halogens is 1. The Kier molecular flexibility index (Phi) is 6.38. The molecule has 0 bridgehead atoms. The van der Waals surface area contributed by atoms with E-state index in [4.69, 9.17) is 0 Å². The zero-order valence-corrected chi connectivity index (χ0v) is 18.8. The normalized spacial score (nSPS) is 10.8. The Labute approximate surface area is 179 Å². The van der Waals surface area contributed by atoms with Crippen molar-refractivity contribution in [2.45, 2.75) is 40.7 Å². The molecule has 0 saturated carbocycles. The number of anilines is 1. The van der Waals surface area contributed by atoms with E-state index in [0.717, 1.165) is 28.1 Å². The van der Waals surface area contributed by atoms with Crippen LogP contribution >= 0.6 is 15.9 Å². The van der Waals surface area contributed by atoms with Gasteiger partial charge in [0.1, 0.15) is 5.56 Å². The van der Waals surface area contributed by atoms with Crippen LogP contribution in [0.4, 0.5) is 5.69 Å². The number of pyridine rings is 1. The Bertz CT molecular complexity index is 1100. The lowest BCUT2D eigenvalue weighted by Gasteiger charge is -2.21. The zero-order chi connectivity index (χ0) is 21.1. The molecular weight excluding hydrogens is 428 g/mol. The molecule has 29 heavy (non-hydrogen) atoms. The highest BCUT2D eigenvalue weighted by Gasteiger charge is 2.23. The van der Waals surface area contributed by atoms with Crippen LogP contribution in [0, 0.1) is 20.8 Å². The summed E-state index contributed by atoms with van der Waals surface area (Å²) in [6.45, 7) is 8.34. The number of rotatable bonds is 5. The van der Waals surface area contributed by atoms with Gasteiger partial charge in [-0.15, -0.1) is 0 Å². The average Bonchev–Trinajstić information content (AvgIpc) is 2.70. The summed E-state index contributed by atoms with van der Waals surface area (Å²) in [5.41, 5.74) is 5.25. The van der Waals surface area contributed by atoms with Gasteiger partial charge in [-0.05, 0) is 59.8 Å². The molecule has 1 N–H and O–H groups in total. The van der Waals surface area contributed by atoms with E-state index in [1.54, 1.807) is 0 Å². The number of hydrogen-bond donors (Lipinski definition) is 1. The van der Waals surface area contributed by atoms with E-state index in [9.17, 15) is 9.59 Å². The molecule has 0 aliphatic rings. The minimum absolute atomic E-state index is 0.174. The van der Waals surface area contributed by atoms with Crippen LogP contribution in [0.15, 0.2) is 57.8 Å². The zero-order valence-electron chi connectivity index (χ0n) is 17.2. The van der Waals surface area contributed by atoms with Crippen LogP contribution in [0.1, 0.15) is 45.4 Å². The number of nitrogens with one attached hydrogen (secondary N) is 1. The number of para-hydroxylation sites is 1. The first-order valence-corrected chi connectivity index (χ1v) is 10.5. The van der Waals surface area contributed by atoms with Gasteiger partial charge in [-0.2, -0.15) is 0 Å². The Hall–Kier alpha value is -2.66. The minimum Gasteiger partial charge on any atom is -0.342 e. The predicted octanol–water partition coefficient (Wildman–Crippen LogP) is 5.40. The van der Waals surface area contributed by atoms with Crippen molar-refractivity contribution in [3.63, 3.8) is 0 Å². The van der Waals surface area contributed by atoms with Crippen LogP contribution < -0.4 is 10.7 Å². The number of carbonyl (C=O) groups excluding carboxylic acids is 1. The molecule has 1 heterocycles. The molecule has 0 aliphatic heterocycles. The minimum atomic E-state index is -0.380. The molecule has 3 aromatic rings. The van der Waals surface area contributed by atoms with Crippen molar-refractivity contribution in [2.75, 3.05) is 5.32 Å². The van der Waals surface area contributed by atoms with Crippen molar-refractivity contribution in [3.8, 4) is 0 Å². The van der Waals surface area contributed by atoms with E-state index in [-0.39, 0.29) is 16.9 Å². The number of hydrogen-bond acceptors (Lipinski definition) is 2. The Morgan fingerprint density at radius 2 is 1.62 bits per heavy atom. The average molecular weight is 453 g/mol. The van der Waals surface area contributed by atoms with Crippen molar-refractivity contribution < 1.29 is 4.79 Å². The van der Waals surface area contributed by atoms with Crippen molar-refractivity contribution in [1.29, 1.82) is 0 Å². The molecule has 0 atom stereocenters. The van der Waals surface area contributed by atoms with Gasteiger partial charge in [0.2, 0.25) is 5.43 Å². The predicted molar refractivity (Wildman–Crippen MR) is 122 cm³/mol. The first-order chi connectivity index (χ1) is 13.8. The quantitative estimate of drug-likeness (QED) is 0.563. The van der Waals surface area contributed by atoms with Gasteiger partial charge in [0.05, 0.1) is 4.47 Å². The lowest BCUT2D eigenvalue weighted by atomic mass is 10.1. The summed E-state index contributed by atoms with van der Waals surface area (Å²) in [5.74, 6) is -0.380. The molecule has 0 saturated heterocycles. The maximum Gasteiger partial charge on any atom is 0.261 e. The van der Waals surface area contributed by atoms with E-state index in [2.05, 4.69) is 25.8 Å². The summed E-state index contributed by atoms with van der Waals surface area (Å²) in [7, 11) is 0. The highest BCUT2D eigenvalue weighted by Crippen LogP contribution is 2.23. The summed E-state index contributed by atoms with van der Waals surface area (Å²) in [6, 6.07) is 15.9. The molecule has 150 valence electrons. The molecule has 1 aromatic heterocycles. The second-order valence-corrected chi connectivity index (χ2v) is 7.99. The summed E-state index contributed by atoms with van der Waals surface area (Å²) < 4.78 is 2.51. The summed E-state index contributed by atoms with van der Waals surface area (Å²) in [5, 5.41) is 2.96. The Morgan fingerprint density at radius 3 is 2.21 bits per heavy atom.